The summed E-state index contributed by atoms with van der Waals surface area (Å²) in [5.74, 6) is -0.588. The minimum Gasteiger partial charge on any atom is -0.207 e. The van der Waals surface area contributed by atoms with E-state index in [-0.39, 0.29) is 11.6 Å². The smallest absolute Gasteiger partial charge is 0.123 e. The van der Waals surface area contributed by atoms with Crippen molar-refractivity contribution in [1.82, 2.24) is 0 Å². The molecule has 0 aliphatic rings. The second kappa shape index (κ2) is 12.9. The van der Waals surface area contributed by atoms with Crippen LogP contribution in [0.3, 0.4) is 0 Å². The molecule has 0 aliphatic carbocycles. The Hall–Kier alpha value is -6.90. The van der Waals surface area contributed by atoms with E-state index >= 15 is 8.78 Å². The van der Waals surface area contributed by atoms with Crippen molar-refractivity contribution in [3.8, 4) is 55.6 Å². The van der Waals surface area contributed by atoms with Gasteiger partial charge in [0.15, 0.2) is 0 Å². The molecule has 54 heavy (non-hydrogen) atoms. The highest BCUT2D eigenvalue weighted by Gasteiger charge is 2.23. The molecule has 0 fully saturated rings. The third kappa shape index (κ3) is 5.26. The van der Waals surface area contributed by atoms with E-state index < -0.39 is 0 Å². The number of benzene rings is 10. The maximum Gasteiger partial charge on any atom is 0.123 e. The van der Waals surface area contributed by atoms with Crippen LogP contribution < -0.4 is 0 Å². The van der Waals surface area contributed by atoms with E-state index in [0.717, 1.165) is 98.7 Å². The zero-order valence-electron chi connectivity index (χ0n) is 29.2. The maximum absolute atomic E-state index is 15.1. The molecule has 0 heterocycles. The average molecular weight is 695 g/mol. The minimum atomic E-state index is -0.295. The molecule has 0 bridgehead atoms. The van der Waals surface area contributed by atoms with E-state index in [1.54, 1.807) is 24.3 Å². The van der Waals surface area contributed by atoms with Crippen LogP contribution in [-0.4, -0.2) is 0 Å². The van der Waals surface area contributed by atoms with E-state index in [9.17, 15) is 0 Å². The summed E-state index contributed by atoms with van der Waals surface area (Å²) in [5.41, 5.74) is 10.3. The van der Waals surface area contributed by atoms with E-state index in [2.05, 4.69) is 127 Å². The van der Waals surface area contributed by atoms with Crippen LogP contribution in [0, 0.1) is 11.6 Å². The first kappa shape index (κ1) is 31.8. The van der Waals surface area contributed by atoms with Gasteiger partial charge >= 0.3 is 0 Å². The molecule has 0 nitrogen and oxygen atoms in total. The van der Waals surface area contributed by atoms with Gasteiger partial charge in [0.25, 0.3) is 0 Å². The Balaban J connectivity index is 1.43. The van der Waals surface area contributed by atoms with Crippen molar-refractivity contribution < 1.29 is 8.78 Å². The van der Waals surface area contributed by atoms with E-state index in [1.165, 1.54) is 12.1 Å². The molecule has 0 N–H and O–H groups in total. The predicted octanol–water partition coefficient (Wildman–Crippen LogP) is 14.9. The van der Waals surface area contributed by atoms with Gasteiger partial charge in [0.05, 0.1) is 0 Å². The average Bonchev–Trinajstić information content (AvgIpc) is 3.22. The Kier molecular flexibility index (Phi) is 7.63. The fourth-order valence-corrected chi connectivity index (χ4v) is 8.46. The SMILES string of the molecule is Fc1cccc(-c2c3ccccc3c(-c3cccc(F)c3)c3cc4c(cc23)c(-c2ccccc2)c(-c2cccc(-c3ccccc3)c2)c2ccccc24)c1. The number of rotatable bonds is 5. The second-order valence-corrected chi connectivity index (χ2v) is 13.9. The summed E-state index contributed by atoms with van der Waals surface area (Å²) in [4.78, 5) is 0. The summed E-state index contributed by atoms with van der Waals surface area (Å²) in [6.45, 7) is 0. The Morgan fingerprint density at radius 2 is 0.574 bits per heavy atom. The molecule has 0 aliphatic heterocycles. The van der Waals surface area contributed by atoms with Crippen LogP contribution >= 0.6 is 0 Å². The molecule has 0 spiro atoms. The summed E-state index contributed by atoms with van der Waals surface area (Å²) in [5, 5.41) is 8.37. The summed E-state index contributed by atoms with van der Waals surface area (Å²) in [6, 6.07) is 65.1. The normalized spacial score (nSPS) is 11.5. The van der Waals surface area contributed by atoms with Crippen molar-refractivity contribution in [2.24, 2.45) is 0 Å². The van der Waals surface area contributed by atoms with E-state index in [4.69, 9.17) is 0 Å². The number of hydrogen-bond acceptors (Lipinski definition) is 0. The van der Waals surface area contributed by atoms with Crippen molar-refractivity contribution in [2.45, 2.75) is 0 Å². The van der Waals surface area contributed by atoms with Gasteiger partial charge in [-0.15, -0.1) is 0 Å². The summed E-state index contributed by atoms with van der Waals surface area (Å²) in [7, 11) is 0. The van der Waals surface area contributed by atoms with Crippen LogP contribution in [0.5, 0.6) is 0 Å². The van der Waals surface area contributed by atoms with Crippen molar-refractivity contribution in [3.63, 3.8) is 0 Å². The quantitative estimate of drug-likeness (QED) is 0.124. The summed E-state index contributed by atoms with van der Waals surface area (Å²) >= 11 is 0. The summed E-state index contributed by atoms with van der Waals surface area (Å²) in [6.07, 6.45) is 0. The lowest BCUT2D eigenvalue weighted by Gasteiger charge is -2.22. The fraction of sp³-hybridized carbons (Fsp3) is 0. The van der Waals surface area contributed by atoms with Crippen molar-refractivity contribution in [3.05, 3.63) is 206 Å². The molecule has 0 aromatic heterocycles. The molecular weight excluding hydrogens is 663 g/mol. The topological polar surface area (TPSA) is 0 Å². The molecule has 0 amide bonds. The molecule has 0 atom stereocenters. The monoisotopic (exact) mass is 694 g/mol. The molecule has 0 radical (unpaired) electrons. The van der Waals surface area contributed by atoms with Crippen LogP contribution in [0.15, 0.2) is 194 Å². The first-order valence-electron chi connectivity index (χ1n) is 18.2. The van der Waals surface area contributed by atoms with Gasteiger partial charge < -0.3 is 0 Å². The van der Waals surface area contributed by atoms with E-state index in [1.807, 2.05) is 30.3 Å². The zero-order chi connectivity index (χ0) is 36.2. The Morgan fingerprint density at radius 1 is 0.204 bits per heavy atom. The van der Waals surface area contributed by atoms with Gasteiger partial charge in [-0.3, -0.25) is 0 Å². The van der Waals surface area contributed by atoms with Gasteiger partial charge in [-0.05, 0) is 141 Å². The van der Waals surface area contributed by atoms with E-state index in [0.29, 0.717) is 0 Å². The Morgan fingerprint density at radius 3 is 1.13 bits per heavy atom. The Labute approximate surface area is 312 Å². The van der Waals surface area contributed by atoms with Gasteiger partial charge in [-0.1, -0.05) is 152 Å². The Bertz CT molecular complexity index is 3050. The molecule has 10 aromatic rings. The number of hydrogen-bond donors (Lipinski definition) is 0. The molecule has 2 heteroatoms. The molecule has 0 saturated heterocycles. The number of fused-ring (bicyclic) bond motifs is 5. The van der Waals surface area contributed by atoms with Crippen LogP contribution in [0.2, 0.25) is 0 Å². The zero-order valence-corrected chi connectivity index (χ0v) is 29.2. The van der Waals surface area contributed by atoms with Gasteiger partial charge in [0.1, 0.15) is 11.6 Å². The predicted molar refractivity (Wildman–Crippen MR) is 224 cm³/mol. The number of halogens is 2. The molecule has 0 saturated carbocycles. The molecule has 0 unspecified atom stereocenters. The highest BCUT2D eigenvalue weighted by molar-refractivity contribution is 6.29. The molecule has 10 aromatic carbocycles. The van der Waals surface area contributed by atoms with Crippen molar-refractivity contribution in [1.29, 1.82) is 0 Å². The summed E-state index contributed by atoms with van der Waals surface area (Å²) < 4.78 is 30.2. The molecule has 10 rings (SSSR count). The van der Waals surface area contributed by atoms with Gasteiger partial charge in [-0.2, -0.15) is 0 Å². The van der Waals surface area contributed by atoms with Crippen LogP contribution in [0.4, 0.5) is 8.78 Å². The first-order chi connectivity index (χ1) is 26.6. The standard InChI is InChI=1S/C52H32F2/c53-39-22-12-20-37(29-39)49-43-26-9-10-27-44(43)50(38-21-13-23-40(54)30-38)48-32-46-45(31-47(48)49)41-24-7-8-25-42(41)52(51(46)34-16-5-2-6-17-34)36-19-11-18-35(28-36)33-14-3-1-4-15-33/h1-32H. The molecule has 254 valence electrons. The van der Waals surface area contributed by atoms with Gasteiger partial charge in [0.2, 0.25) is 0 Å². The van der Waals surface area contributed by atoms with Gasteiger partial charge in [-0.25, -0.2) is 8.78 Å². The first-order valence-corrected chi connectivity index (χ1v) is 18.2. The van der Waals surface area contributed by atoms with Gasteiger partial charge in [0, 0.05) is 0 Å². The van der Waals surface area contributed by atoms with Crippen LogP contribution in [0.1, 0.15) is 0 Å². The largest absolute Gasteiger partial charge is 0.207 e. The lowest BCUT2D eigenvalue weighted by atomic mass is 9.80. The molecular formula is C52H32F2. The fourth-order valence-electron chi connectivity index (χ4n) is 8.46. The lowest BCUT2D eigenvalue weighted by Crippen LogP contribution is -1.95. The minimum absolute atomic E-state index is 0.293. The van der Waals surface area contributed by atoms with Crippen LogP contribution in [-0.2, 0) is 0 Å². The highest BCUT2D eigenvalue weighted by Crippen LogP contribution is 2.50. The third-order valence-electron chi connectivity index (χ3n) is 10.7. The highest BCUT2D eigenvalue weighted by atomic mass is 19.1. The van der Waals surface area contributed by atoms with Crippen molar-refractivity contribution in [2.75, 3.05) is 0 Å². The third-order valence-corrected chi connectivity index (χ3v) is 10.7. The van der Waals surface area contributed by atoms with Crippen LogP contribution in [0.25, 0.3) is 98.7 Å². The van der Waals surface area contributed by atoms with Crippen molar-refractivity contribution >= 4 is 43.1 Å². The lowest BCUT2D eigenvalue weighted by molar-refractivity contribution is 0.628. The maximum atomic E-state index is 15.1. The second-order valence-electron chi connectivity index (χ2n) is 13.9.